The molecular formula is C22H27N3OS. The van der Waals surface area contributed by atoms with Gasteiger partial charge in [0.25, 0.3) is 0 Å². The second-order valence-corrected chi connectivity index (χ2v) is 9.25. The Bertz CT molecular complexity index is 797. The fraction of sp³-hybridized carbons (Fsp3) is 0.545. The van der Waals surface area contributed by atoms with Crippen molar-refractivity contribution in [3.8, 4) is 10.6 Å². The third kappa shape index (κ3) is 3.55. The summed E-state index contributed by atoms with van der Waals surface area (Å²) in [4.78, 5) is 22.3. The monoisotopic (exact) mass is 381 g/mol. The third-order valence-corrected chi connectivity index (χ3v) is 7.64. The summed E-state index contributed by atoms with van der Waals surface area (Å²) in [7, 11) is 0. The van der Waals surface area contributed by atoms with Crippen LogP contribution in [0.15, 0.2) is 35.7 Å². The quantitative estimate of drug-likeness (QED) is 0.806. The second kappa shape index (κ2) is 7.36. The van der Waals surface area contributed by atoms with E-state index in [4.69, 9.17) is 4.98 Å². The van der Waals surface area contributed by atoms with Crippen LogP contribution in [-0.4, -0.2) is 46.9 Å². The maximum absolute atomic E-state index is 12.9. The van der Waals surface area contributed by atoms with Gasteiger partial charge in [0.2, 0.25) is 5.91 Å². The van der Waals surface area contributed by atoms with Crippen LogP contribution in [0, 0.1) is 17.8 Å². The SMILES string of the molecule is O=C(C1CC2CCC1C2)N1CCN(Cc2csc(-c3ccccc3)n2)CC1. The number of nitrogens with zero attached hydrogens (tertiary/aromatic N) is 3. The molecule has 5 rings (SSSR count). The van der Waals surface area contributed by atoms with E-state index in [-0.39, 0.29) is 0 Å². The number of aromatic nitrogens is 1. The van der Waals surface area contributed by atoms with Crippen molar-refractivity contribution in [1.29, 1.82) is 0 Å². The van der Waals surface area contributed by atoms with Crippen LogP contribution >= 0.6 is 11.3 Å². The molecule has 2 aromatic rings. The highest BCUT2D eigenvalue weighted by atomic mass is 32.1. The molecule has 1 saturated heterocycles. The molecule has 1 aliphatic heterocycles. The Balaban J connectivity index is 1.15. The molecule has 3 fully saturated rings. The minimum Gasteiger partial charge on any atom is -0.340 e. The molecule has 3 unspecified atom stereocenters. The minimum atomic E-state index is 0.335. The van der Waals surface area contributed by atoms with Crippen molar-refractivity contribution < 1.29 is 4.79 Å². The van der Waals surface area contributed by atoms with Gasteiger partial charge in [-0.15, -0.1) is 11.3 Å². The third-order valence-electron chi connectivity index (χ3n) is 6.70. The van der Waals surface area contributed by atoms with E-state index in [1.54, 1.807) is 11.3 Å². The van der Waals surface area contributed by atoms with E-state index in [2.05, 4.69) is 39.4 Å². The number of amides is 1. The zero-order valence-corrected chi connectivity index (χ0v) is 16.5. The zero-order valence-electron chi connectivity index (χ0n) is 15.7. The Morgan fingerprint density at radius 3 is 2.59 bits per heavy atom. The highest BCUT2D eigenvalue weighted by Gasteiger charge is 2.44. The van der Waals surface area contributed by atoms with Crippen molar-refractivity contribution in [3.63, 3.8) is 0 Å². The summed E-state index contributed by atoms with van der Waals surface area (Å²) in [5.74, 6) is 2.31. The number of thiazole rings is 1. The maximum Gasteiger partial charge on any atom is 0.226 e. The Morgan fingerprint density at radius 2 is 1.89 bits per heavy atom. The summed E-state index contributed by atoms with van der Waals surface area (Å²) in [5, 5.41) is 3.27. The van der Waals surface area contributed by atoms with E-state index < -0.39 is 0 Å². The zero-order chi connectivity index (χ0) is 18.2. The van der Waals surface area contributed by atoms with E-state index in [1.165, 1.54) is 24.8 Å². The highest BCUT2D eigenvalue weighted by molar-refractivity contribution is 7.13. The fourth-order valence-electron chi connectivity index (χ4n) is 5.23. The molecule has 27 heavy (non-hydrogen) atoms. The summed E-state index contributed by atoms with van der Waals surface area (Å²) >= 11 is 1.72. The molecule has 3 atom stereocenters. The molecular weight excluding hydrogens is 354 g/mol. The molecule has 4 nitrogen and oxygen atoms in total. The van der Waals surface area contributed by atoms with Gasteiger partial charge in [-0.3, -0.25) is 9.69 Å². The molecule has 0 N–H and O–H groups in total. The van der Waals surface area contributed by atoms with Crippen LogP contribution < -0.4 is 0 Å². The predicted molar refractivity (Wildman–Crippen MR) is 108 cm³/mol. The van der Waals surface area contributed by atoms with Crippen LogP contribution in [-0.2, 0) is 11.3 Å². The smallest absolute Gasteiger partial charge is 0.226 e. The average Bonchev–Trinajstić information content (AvgIpc) is 3.46. The van der Waals surface area contributed by atoms with Crippen molar-refractivity contribution in [2.45, 2.75) is 32.2 Å². The first kappa shape index (κ1) is 17.4. The van der Waals surface area contributed by atoms with Crippen molar-refractivity contribution in [2.24, 2.45) is 17.8 Å². The molecule has 1 amide bonds. The summed E-state index contributed by atoms with van der Waals surface area (Å²) in [6.07, 6.45) is 5.12. The lowest BCUT2D eigenvalue weighted by Crippen LogP contribution is -2.50. The van der Waals surface area contributed by atoms with Crippen LogP contribution in [0.3, 0.4) is 0 Å². The number of benzene rings is 1. The number of carbonyl (C=O) groups is 1. The number of piperazine rings is 1. The van der Waals surface area contributed by atoms with Gasteiger partial charge in [0, 0.05) is 49.6 Å². The summed E-state index contributed by atoms with van der Waals surface area (Å²) in [6, 6.07) is 10.4. The molecule has 1 aromatic heterocycles. The lowest BCUT2D eigenvalue weighted by molar-refractivity contribution is -0.139. The van der Waals surface area contributed by atoms with E-state index in [0.29, 0.717) is 17.7 Å². The van der Waals surface area contributed by atoms with Gasteiger partial charge in [-0.25, -0.2) is 4.98 Å². The van der Waals surface area contributed by atoms with Gasteiger partial charge in [0.05, 0.1) is 5.69 Å². The fourth-order valence-corrected chi connectivity index (χ4v) is 6.05. The van der Waals surface area contributed by atoms with Crippen molar-refractivity contribution in [1.82, 2.24) is 14.8 Å². The minimum absolute atomic E-state index is 0.335. The molecule has 1 aromatic carbocycles. The van der Waals surface area contributed by atoms with E-state index >= 15 is 0 Å². The van der Waals surface area contributed by atoms with Gasteiger partial charge in [0.1, 0.15) is 5.01 Å². The number of hydrogen-bond donors (Lipinski definition) is 0. The normalized spacial score (nSPS) is 28.0. The van der Waals surface area contributed by atoms with Gasteiger partial charge < -0.3 is 4.90 Å². The number of fused-ring (bicyclic) bond motifs is 2. The average molecular weight is 382 g/mol. The molecule has 2 bridgehead atoms. The number of carbonyl (C=O) groups excluding carboxylic acids is 1. The molecule has 2 heterocycles. The topological polar surface area (TPSA) is 36.4 Å². The Labute approximate surface area is 165 Å². The van der Waals surface area contributed by atoms with Crippen LogP contribution in [0.1, 0.15) is 31.4 Å². The summed E-state index contributed by atoms with van der Waals surface area (Å²) < 4.78 is 0. The standard InChI is InChI=1S/C22H27N3OS/c26-22(20-13-16-6-7-18(20)12-16)25-10-8-24(9-11-25)14-19-15-27-21(23-19)17-4-2-1-3-5-17/h1-5,15-16,18,20H,6-14H2. The first-order chi connectivity index (χ1) is 13.3. The Morgan fingerprint density at radius 1 is 1.07 bits per heavy atom. The van der Waals surface area contributed by atoms with E-state index in [1.807, 2.05) is 6.07 Å². The Kier molecular flexibility index (Phi) is 4.74. The van der Waals surface area contributed by atoms with E-state index in [9.17, 15) is 4.79 Å². The molecule has 2 aliphatic carbocycles. The highest BCUT2D eigenvalue weighted by Crippen LogP contribution is 2.48. The largest absolute Gasteiger partial charge is 0.340 e. The van der Waals surface area contributed by atoms with Gasteiger partial charge in [0.15, 0.2) is 0 Å². The molecule has 0 radical (unpaired) electrons. The van der Waals surface area contributed by atoms with Gasteiger partial charge in [-0.1, -0.05) is 36.8 Å². The van der Waals surface area contributed by atoms with Crippen molar-refractivity contribution >= 4 is 17.2 Å². The molecule has 2 saturated carbocycles. The lowest BCUT2D eigenvalue weighted by atomic mass is 9.87. The first-order valence-corrected chi connectivity index (χ1v) is 11.1. The molecule has 3 aliphatic rings. The van der Waals surface area contributed by atoms with Gasteiger partial charge in [-0.2, -0.15) is 0 Å². The molecule has 0 spiro atoms. The van der Waals surface area contributed by atoms with Crippen LogP contribution in [0.25, 0.3) is 10.6 Å². The summed E-state index contributed by atoms with van der Waals surface area (Å²) in [5.41, 5.74) is 2.33. The van der Waals surface area contributed by atoms with Crippen LogP contribution in [0.4, 0.5) is 0 Å². The number of hydrogen-bond acceptors (Lipinski definition) is 4. The van der Waals surface area contributed by atoms with Crippen molar-refractivity contribution in [3.05, 3.63) is 41.4 Å². The molecule has 142 valence electrons. The second-order valence-electron chi connectivity index (χ2n) is 8.39. The van der Waals surface area contributed by atoms with E-state index in [0.717, 1.165) is 55.8 Å². The number of rotatable bonds is 4. The summed E-state index contributed by atoms with van der Waals surface area (Å²) in [6.45, 7) is 4.57. The van der Waals surface area contributed by atoms with Crippen LogP contribution in [0.2, 0.25) is 0 Å². The Hall–Kier alpha value is -1.72. The maximum atomic E-state index is 12.9. The predicted octanol–water partition coefficient (Wildman–Crippen LogP) is 3.89. The first-order valence-electron chi connectivity index (χ1n) is 10.3. The van der Waals surface area contributed by atoms with Crippen LogP contribution in [0.5, 0.6) is 0 Å². The molecule has 5 heteroatoms. The van der Waals surface area contributed by atoms with Gasteiger partial charge >= 0.3 is 0 Å². The van der Waals surface area contributed by atoms with Crippen molar-refractivity contribution in [2.75, 3.05) is 26.2 Å². The lowest BCUT2D eigenvalue weighted by Gasteiger charge is -2.37. The van der Waals surface area contributed by atoms with Gasteiger partial charge in [-0.05, 0) is 31.1 Å².